The molecule has 0 spiro atoms. The van der Waals surface area contributed by atoms with Crippen LogP contribution in [0.1, 0.15) is 35.2 Å². The summed E-state index contributed by atoms with van der Waals surface area (Å²) in [4.78, 5) is 14.6. The maximum atomic E-state index is 12.3. The molecule has 1 aliphatic carbocycles. The van der Waals surface area contributed by atoms with Crippen molar-refractivity contribution in [2.75, 3.05) is 13.6 Å². The fourth-order valence-electron chi connectivity index (χ4n) is 4.26. The number of hydrogen-bond donors (Lipinski definition) is 2. The third-order valence-corrected chi connectivity index (χ3v) is 5.27. The summed E-state index contributed by atoms with van der Waals surface area (Å²) >= 11 is 0. The zero-order valence-electron chi connectivity index (χ0n) is 12.6. The van der Waals surface area contributed by atoms with E-state index in [0.717, 1.165) is 18.5 Å². The van der Waals surface area contributed by atoms with Gasteiger partial charge in [-0.2, -0.15) is 0 Å². The number of likely N-dealkylation sites (N-methyl/N-ethyl adjacent to an activating group) is 1. The van der Waals surface area contributed by atoms with Crippen molar-refractivity contribution in [3.8, 4) is 11.5 Å². The molecule has 0 aromatic heterocycles. The lowest BCUT2D eigenvalue weighted by Gasteiger charge is -2.44. The van der Waals surface area contributed by atoms with E-state index in [1.165, 1.54) is 17.7 Å². The molecule has 1 saturated heterocycles. The minimum Gasteiger partial charge on any atom is -0.504 e. The predicted molar refractivity (Wildman–Crippen MR) is 80.0 cm³/mol. The second-order valence-electron chi connectivity index (χ2n) is 6.60. The summed E-state index contributed by atoms with van der Waals surface area (Å²) in [5, 5.41) is 19.6. The highest BCUT2D eigenvalue weighted by Gasteiger charge is 2.49. The highest BCUT2D eigenvalue weighted by molar-refractivity contribution is 5.94. The third kappa shape index (κ3) is 1.72. The van der Waals surface area contributed by atoms with E-state index in [9.17, 15) is 15.0 Å². The third-order valence-electron chi connectivity index (χ3n) is 5.27. The molecule has 22 heavy (non-hydrogen) atoms. The molecule has 0 bridgehead atoms. The van der Waals surface area contributed by atoms with Crippen molar-refractivity contribution >= 4 is 5.97 Å². The number of esters is 1. The van der Waals surface area contributed by atoms with Gasteiger partial charge in [-0.05, 0) is 31.2 Å². The molecule has 4 rings (SSSR count). The molecule has 0 unspecified atom stereocenters. The minimum absolute atomic E-state index is 0.00157. The monoisotopic (exact) mass is 301 g/mol. The van der Waals surface area contributed by atoms with Crippen molar-refractivity contribution in [3.05, 3.63) is 34.9 Å². The lowest BCUT2D eigenvalue weighted by Crippen LogP contribution is -2.48. The van der Waals surface area contributed by atoms with E-state index >= 15 is 0 Å². The van der Waals surface area contributed by atoms with E-state index in [4.69, 9.17) is 4.74 Å². The Balaban J connectivity index is 1.92. The number of benzene rings is 1. The van der Waals surface area contributed by atoms with E-state index in [1.54, 1.807) is 0 Å². The first-order valence-electron chi connectivity index (χ1n) is 7.65. The standard InChI is InChI=1S/C17H19NO4/c1-8-5-9-3-4-18(2)15(9)14-10-6-12(19)13(20)7-11(10)17(21)22-16(8)14/h5-8,14-16,19-20H,3-4H2,1-2H3/t8-,14-,15+,16+/m0/s1. The van der Waals surface area contributed by atoms with Gasteiger partial charge in [0.1, 0.15) is 6.10 Å². The van der Waals surface area contributed by atoms with Crippen LogP contribution in [0.5, 0.6) is 11.5 Å². The van der Waals surface area contributed by atoms with Crippen LogP contribution in [0.3, 0.4) is 0 Å². The molecule has 0 amide bonds. The van der Waals surface area contributed by atoms with Gasteiger partial charge in [0.2, 0.25) is 0 Å². The van der Waals surface area contributed by atoms with E-state index in [0.29, 0.717) is 5.56 Å². The summed E-state index contributed by atoms with van der Waals surface area (Å²) in [5.74, 6) is -0.737. The fraction of sp³-hybridized carbons (Fsp3) is 0.471. The van der Waals surface area contributed by atoms with Crippen LogP contribution in [-0.2, 0) is 4.74 Å². The Bertz CT molecular complexity index is 696. The van der Waals surface area contributed by atoms with Crippen LogP contribution in [0.2, 0.25) is 0 Å². The molecule has 0 saturated carbocycles. The number of ether oxygens (including phenoxy) is 1. The van der Waals surface area contributed by atoms with Crippen LogP contribution in [0.15, 0.2) is 23.8 Å². The zero-order valence-corrected chi connectivity index (χ0v) is 12.6. The average Bonchev–Trinajstić information content (AvgIpc) is 2.83. The number of phenols is 2. The molecule has 0 radical (unpaired) electrons. The molecule has 2 N–H and O–H groups in total. The van der Waals surface area contributed by atoms with Gasteiger partial charge in [0.25, 0.3) is 0 Å². The largest absolute Gasteiger partial charge is 0.504 e. The first-order valence-corrected chi connectivity index (χ1v) is 7.65. The molecule has 116 valence electrons. The smallest absolute Gasteiger partial charge is 0.338 e. The second kappa shape index (κ2) is 4.49. The SMILES string of the molecule is C[C@H]1C=C2CCN(C)[C@H]2[C@@H]2c3cc(O)c(O)cc3C(=O)O[C@@H]21. The zero-order chi connectivity index (χ0) is 15.6. The Morgan fingerprint density at radius 3 is 2.77 bits per heavy atom. The number of hydrogen-bond acceptors (Lipinski definition) is 5. The molecule has 2 aliphatic heterocycles. The lowest BCUT2D eigenvalue weighted by molar-refractivity contribution is -0.00437. The van der Waals surface area contributed by atoms with Gasteiger partial charge in [-0.15, -0.1) is 0 Å². The Hall–Kier alpha value is -2.01. The van der Waals surface area contributed by atoms with Gasteiger partial charge in [-0.1, -0.05) is 18.6 Å². The summed E-state index contributed by atoms with van der Waals surface area (Å²) in [6.07, 6.45) is 3.04. The normalized spacial score (nSPS) is 33.5. The fourth-order valence-corrected chi connectivity index (χ4v) is 4.26. The predicted octanol–water partition coefficient (Wildman–Crippen LogP) is 2.00. The van der Waals surface area contributed by atoms with Gasteiger partial charge in [0.05, 0.1) is 5.56 Å². The Kier molecular flexibility index (Phi) is 2.78. The first kappa shape index (κ1) is 13.6. The van der Waals surface area contributed by atoms with Gasteiger partial charge in [0, 0.05) is 24.4 Å². The molecule has 3 aliphatic rings. The molecule has 4 atom stereocenters. The number of carbonyl (C=O) groups is 1. The summed E-state index contributed by atoms with van der Waals surface area (Å²) < 4.78 is 5.68. The topological polar surface area (TPSA) is 70.0 Å². The highest BCUT2D eigenvalue weighted by atomic mass is 16.5. The Morgan fingerprint density at radius 1 is 1.27 bits per heavy atom. The average molecular weight is 301 g/mol. The van der Waals surface area contributed by atoms with Gasteiger partial charge < -0.3 is 14.9 Å². The van der Waals surface area contributed by atoms with Crippen LogP contribution < -0.4 is 0 Å². The van der Waals surface area contributed by atoms with Crippen LogP contribution in [0, 0.1) is 5.92 Å². The van der Waals surface area contributed by atoms with Crippen molar-refractivity contribution in [2.45, 2.75) is 31.4 Å². The van der Waals surface area contributed by atoms with Crippen molar-refractivity contribution in [1.82, 2.24) is 4.90 Å². The minimum atomic E-state index is -0.420. The molecule has 2 heterocycles. The van der Waals surface area contributed by atoms with E-state index in [2.05, 4.69) is 24.9 Å². The molecule has 1 aromatic carbocycles. The number of fused-ring (bicyclic) bond motifs is 5. The van der Waals surface area contributed by atoms with Gasteiger partial charge >= 0.3 is 5.97 Å². The lowest BCUT2D eigenvalue weighted by atomic mass is 9.71. The van der Waals surface area contributed by atoms with Crippen molar-refractivity contribution in [2.24, 2.45) is 5.92 Å². The van der Waals surface area contributed by atoms with Crippen molar-refractivity contribution in [1.29, 1.82) is 0 Å². The van der Waals surface area contributed by atoms with Crippen LogP contribution in [-0.4, -0.2) is 46.8 Å². The van der Waals surface area contributed by atoms with Crippen LogP contribution in [0.4, 0.5) is 0 Å². The van der Waals surface area contributed by atoms with E-state index in [-0.39, 0.29) is 35.5 Å². The number of carbonyl (C=O) groups excluding carboxylic acids is 1. The molecule has 1 aromatic rings. The number of rotatable bonds is 0. The number of phenolic OH excluding ortho intramolecular Hbond substituents is 2. The van der Waals surface area contributed by atoms with Crippen molar-refractivity contribution < 1.29 is 19.7 Å². The molecule has 1 fully saturated rings. The molecular formula is C17H19NO4. The first-order chi connectivity index (χ1) is 10.5. The van der Waals surface area contributed by atoms with Crippen molar-refractivity contribution in [3.63, 3.8) is 0 Å². The summed E-state index contributed by atoms with van der Waals surface area (Å²) in [7, 11) is 2.08. The maximum absolute atomic E-state index is 12.3. The van der Waals surface area contributed by atoms with E-state index < -0.39 is 5.97 Å². The summed E-state index contributed by atoms with van der Waals surface area (Å²) in [5.41, 5.74) is 2.53. The van der Waals surface area contributed by atoms with Crippen LogP contribution >= 0.6 is 0 Å². The summed E-state index contributed by atoms with van der Waals surface area (Å²) in [6.45, 7) is 3.05. The van der Waals surface area contributed by atoms with E-state index in [1.807, 2.05) is 0 Å². The Morgan fingerprint density at radius 2 is 2.00 bits per heavy atom. The van der Waals surface area contributed by atoms with Crippen LogP contribution in [0.25, 0.3) is 0 Å². The van der Waals surface area contributed by atoms with Gasteiger partial charge in [-0.3, -0.25) is 4.90 Å². The highest BCUT2D eigenvalue weighted by Crippen LogP contribution is 2.49. The second-order valence-corrected chi connectivity index (χ2v) is 6.60. The Labute approximate surface area is 128 Å². The quantitative estimate of drug-likeness (QED) is 0.436. The molecule has 5 nitrogen and oxygen atoms in total. The number of likely N-dealkylation sites (tertiary alicyclic amines) is 1. The molecule has 5 heteroatoms. The number of nitrogens with zero attached hydrogens (tertiary/aromatic N) is 1. The molecular weight excluding hydrogens is 282 g/mol. The summed E-state index contributed by atoms with van der Waals surface area (Å²) in [6, 6.07) is 3.04. The number of aromatic hydroxyl groups is 2. The van der Waals surface area contributed by atoms with Gasteiger partial charge in [0.15, 0.2) is 11.5 Å². The van der Waals surface area contributed by atoms with Gasteiger partial charge in [-0.25, -0.2) is 4.79 Å². The maximum Gasteiger partial charge on any atom is 0.338 e.